The fourth-order valence-electron chi connectivity index (χ4n) is 1.85. The summed E-state index contributed by atoms with van der Waals surface area (Å²) in [6.45, 7) is 1.65. The van der Waals surface area contributed by atoms with E-state index in [1.54, 1.807) is 6.92 Å². The molecule has 84 valence electrons. The molecule has 1 saturated heterocycles. The average molecular weight is 215 g/mol. The summed E-state index contributed by atoms with van der Waals surface area (Å²) in [4.78, 5) is 33.3. The quantitative estimate of drug-likeness (QED) is 0.612. The molecule has 1 aliphatic rings. The van der Waals surface area contributed by atoms with Crippen LogP contribution in [0.2, 0.25) is 0 Å². The van der Waals surface area contributed by atoms with E-state index in [1.807, 2.05) is 0 Å². The first-order valence-electron chi connectivity index (χ1n) is 4.57. The van der Waals surface area contributed by atoms with Gasteiger partial charge < -0.3 is 15.2 Å². The Kier molecular flexibility index (Phi) is 3.28. The smallest absolute Gasteiger partial charge is 0.311 e. The Bertz CT molecular complexity index is 301. The first-order chi connectivity index (χ1) is 6.97. The van der Waals surface area contributed by atoms with Gasteiger partial charge in [-0.3, -0.25) is 14.4 Å². The van der Waals surface area contributed by atoms with E-state index in [-0.39, 0.29) is 12.5 Å². The highest BCUT2D eigenvalue weighted by Gasteiger charge is 2.45. The van der Waals surface area contributed by atoms with E-state index >= 15 is 0 Å². The van der Waals surface area contributed by atoms with Crippen molar-refractivity contribution in [2.24, 2.45) is 11.8 Å². The van der Waals surface area contributed by atoms with Gasteiger partial charge in [-0.2, -0.15) is 0 Å². The van der Waals surface area contributed by atoms with Gasteiger partial charge in [0.15, 0.2) is 0 Å². The van der Waals surface area contributed by atoms with Crippen LogP contribution in [0.3, 0.4) is 0 Å². The number of carbonyl (C=O) groups is 3. The standard InChI is InChI=1S/C9H13NO5/c1-4-7(9(14)15-2)5(3-6(11)12)8(13)10-4/h4-5,7H,3H2,1-2H3,(H,10,13)(H,11,12). The molecular formula is C9H13NO5. The Morgan fingerprint density at radius 2 is 2.13 bits per heavy atom. The number of carboxylic acids is 1. The number of nitrogens with one attached hydrogen (secondary N) is 1. The molecule has 0 radical (unpaired) electrons. The molecule has 1 rings (SSSR count). The number of aliphatic carboxylic acids is 1. The maximum Gasteiger partial charge on any atom is 0.311 e. The van der Waals surface area contributed by atoms with E-state index in [0.717, 1.165) is 0 Å². The minimum atomic E-state index is -1.10. The van der Waals surface area contributed by atoms with Crippen LogP contribution in [0.5, 0.6) is 0 Å². The molecule has 6 nitrogen and oxygen atoms in total. The molecule has 0 aromatic rings. The third kappa shape index (κ3) is 2.26. The number of carbonyl (C=O) groups excluding carboxylic acids is 2. The molecule has 0 aromatic carbocycles. The summed E-state index contributed by atoms with van der Waals surface area (Å²) in [6, 6.07) is -0.380. The molecule has 1 heterocycles. The summed E-state index contributed by atoms with van der Waals surface area (Å²) >= 11 is 0. The van der Waals surface area contributed by atoms with Gasteiger partial charge in [-0.1, -0.05) is 0 Å². The van der Waals surface area contributed by atoms with E-state index in [9.17, 15) is 14.4 Å². The van der Waals surface area contributed by atoms with Crippen LogP contribution in [-0.2, 0) is 19.1 Å². The Labute approximate surface area is 86.6 Å². The van der Waals surface area contributed by atoms with Crippen LogP contribution in [-0.4, -0.2) is 36.1 Å². The summed E-state index contributed by atoms with van der Waals surface area (Å²) in [5.41, 5.74) is 0. The molecule has 1 amide bonds. The fraction of sp³-hybridized carbons (Fsp3) is 0.667. The third-order valence-electron chi connectivity index (χ3n) is 2.55. The second-order valence-electron chi connectivity index (χ2n) is 3.55. The van der Waals surface area contributed by atoms with Crippen LogP contribution in [0.25, 0.3) is 0 Å². The maximum absolute atomic E-state index is 11.4. The highest BCUT2D eigenvalue weighted by Crippen LogP contribution is 2.27. The van der Waals surface area contributed by atoms with Crippen LogP contribution in [0, 0.1) is 11.8 Å². The first kappa shape index (κ1) is 11.5. The van der Waals surface area contributed by atoms with Gasteiger partial charge in [0.05, 0.1) is 25.4 Å². The number of methoxy groups -OCH3 is 1. The average Bonchev–Trinajstić information content (AvgIpc) is 2.40. The van der Waals surface area contributed by atoms with Gasteiger partial charge in [0.25, 0.3) is 0 Å². The summed E-state index contributed by atoms with van der Waals surface area (Å²) < 4.78 is 4.54. The summed E-state index contributed by atoms with van der Waals surface area (Å²) in [6.07, 6.45) is -0.351. The predicted molar refractivity (Wildman–Crippen MR) is 48.9 cm³/mol. The Hall–Kier alpha value is -1.59. The lowest BCUT2D eigenvalue weighted by Gasteiger charge is -2.15. The maximum atomic E-state index is 11.4. The van der Waals surface area contributed by atoms with Gasteiger partial charge in [-0.15, -0.1) is 0 Å². The molecule has 1 aliphatic heterocycles. The Morgan fingerprint density at radius 3 is 2.60 bits per heavy atom. The van der Waals surface area contributed by atoms with Crippen molar-refractivity contribution in [3.8, 4) is 0 Å². The van der Waals surface area contributed by atoms with Crippen molar-refractivity contribution in [2.75, 3.05) is 7.11 Å². The third-order valence-corrected chi connectivity index (χ3v) is 2.55. The van der Waals surface area contributed by atoms with Gasteiger partial charge >= 0.3 is 11.9 Å². The summed E-state index contributed by atoms with van der Waals surface area (Å²) in [7, 11) is 1.22. The highest BCUT2D eigenvalue weighted by molar-refractivity contribution is 5.92. The van der Waals surface area contributed by atoms with E-state index in [4.69, 9.17) is 5.11 Å². The first-order valence-corrected chi connectivity index (χ1v) is 4.57. The number of rotatable bonds is 3. The van der Waals surface area contributed by atoms with Crippen LogP contribution < -0.4 is 5.32 Å². The van der Waals surface area contributed by atoms with E-state index in [2.05, 4.69) is 10.1 Å². The molecule has 0 spiro atoms. The number of esters is 1. The zero-order valence-corrected chi connectivity index (χ0v) is 8.52. The van der Waals surface area contributed by atoms with E-state index in [0.29, 0.717) is 0 Å². The van der Waals surface area contributed by atoms with Crippen molar-refractivity contribution < 1.29 is 24.2 Å². The lowest BCUT2D eigenvalue weighted by atomic mass is 9.88. The van der Waals surface area contributed by atoms with Crippen LogP contribution >= 0.6 is 0 Å². The molecule has 0 aliphatic carbocycles. The summed E-state index contributed by atoms with van der Waals surface area (Å²) in [5.74, 6) is -3.59. The number of hydrogen-bond acceptors (Lipinski definition) is 4. The lowest BCUT2D eigenvalue weighted by molar-refractivity contribution is -0.149. The lowest BCUT2D eigenvalue weighted by Crippen LogP contribution is -2.31. The topological polar surface area (TPSA) is 92.7 Å². The molecule has 15 heavy (non-hydrogen) atoms. The number of carboxylic acid groups (broad SMARTS) is 1. The molecular weight excluding hydrogens is 202 g/mol. The van der Waals surface area contributed by atoms with Gasteiger partial charge in [0, 0.05) is 6.04 Å². The van der Waals surface area contributed by atoms with Crippen molar-refractivity contribution in [1.82, 2.24) is 5.32 Å². The van der Waals surface area contributed by atoms with E-state index < -0.39 is 29.7 Å². The van der Waals surface area contributed by atoms with Crippen molar-refractivity contribution in [3.05, 3.63) is 0 Å². The predicted octanol–water partition coefficient (Wildman–Crippen LogP) is -0.615. The number of ether oxygens (including phenoxy) is 1. The van der Waals surface area contributed by atoms with Gasteiger partial charge in [-0.05, 0) is 6.92 Å². The zero-order valence-electron chi connectivity index (χ0n) is 8.52. The Balaban J connectivity index is 2.84. The van der Waals surface area contributed by atoms with Gasteiger partial charge in [-0.25, -0.2) is 0 Å². The van der Waals surface area contributed by atoms with Gasteiger partial charge in [0.2, 0.25) is 5.91 Å². The van der Waals surface area contributed by atoms with Crippen LogP contribution in [0.1, 0.15) is 13.3 Å². The SMILES string of the molecule is COC(=O)C1C(C)NC(=O)C1CC(=O)O. The molecule has 2 N–H and O–H groups in total. The fourth-order valence-corrected chi connectivity index (χ4v) is 1.85. The van der Waals surface area contributed by atoms with Gasteiger partial charge in [0.1, 0.15) is 0 Å². The van der Waals surface area contributed by atoms with Crippen molar-refractivity contribution in [3.63, 3.8) is 0 Å². The van der Waals surface area contributed by atoms with Crippen molar-refractivity contribution in [1.29, 1.82) is 0 Å². The Morgan fingerprint density at radius 1 is 1.53 bits per heavy atom. The molecule has 0 saturated carbocycles. The largest absolute Gasteiger partial charge is 0.481 e. The zero-order chi connectivity index (χ0) is 11.6. The van der Waals surface area contributed by atoms with Crippen molar-refractivity contribution >= 4 is 17.8 Å². The molecule has 0 bridgehead atoms. The molecule has 0 aromatic heterocycles. The van der Waals surface area contributed by atoms with E-state index in [1.165, 1.54) is 7.11 Å². The second kappa shape index (κ2) is 4.29. The molecule has 1 fully saturated rings. The van der Waals surface area contributed by atoms with Crippen LogP contribution in [0.15, 0.2) is 0 Å². The molecule has 6 heteroatoms. The van der Waals surface area contributed by atoms with Crippen molar-refractivity contribution in [2.45, 2.75) is 19.4 Å². The summed E-state index contributed by atoms with van der Waals surface area (Å²) in [5, 5.41) is 11.2. The number of amides is 1. The molecule has 3 atom stereocenters. The highest BCUT2D eigenvalue weighted by atomic mass is 16.5. The second-order valence-corrected chi connectivity index (χ2v) is 3.55. The number of hydrogen-bond donors (Lipinski definition) is 2. The van der Waals surface area contributed by atoms with Crippen LogP contribution in [0.4, 0.5) is 0 Å². The monoisotopic (exact) mass is 215 g/mol. The normalized spacial score (nSPS) is 29.7. The minimum Gasteiger partial charge on any atom is -0.481 e. The molecule has 3 unspecified atom stereocenters. The minimum absolute atomic E-state index is 0.351.